The van der Waals surface area contributed by atoms with Crippen molar-refractivity contribution in [1.29, 1.82) is 0 Å². The summed E-state index contributed by atoms with van der Waals surface area (Å²) in [6.07, 6.45) is 2.72. The van der Waals surface area contributed by atoms with Gasteiger partial charge in [0.05, 0.1) is 5.54 Å². The lowest BCUT2D eigenvalue weighted by Crippen LogP contribution is -2.44. The van der Waals surface area contributed by atoms with Crippen molar-refractivity contribution in [1.82, 2.24) is 10.6 Å². The fraction of sp³-hybridized carbons (Fsp3) is 0.381. The van der Waals surface area contributed by atoms with Crippen LogP contribution in [0.1, 0.15) is 37.3 Å². The molecule has 1 atom stereocenters. The Balaban J connectivity index is 1.76. The molecule has 0 aliphatic carbocycles. The van der Waals surface area contributed by atoms with Gasteiger partial charge in [0.25, 0.3) is 0 Å². The van der Waals surface area contributed by atoms with E-state index in [4.69, 9.17) is 0 Å². The Kier molecular flexibility index (Phi) is 5.31. The van der Waals surface area contributed by atoms with Crippen LogP contribution < -0.4 is 10.6 Å². The van der Waals surface area contributed by atoms with Gasteiger partial charge in [0.2, 0.25) is 5.91 Å². The first-order valence-corrected chi connectivity index (χ1v) is 8.81. The maximum absolute atomic E-state index is 12.6. The van der Waals surface area contributed by atoms with Crippen LogP contribution >= 0.6 is 0 Å². The monoisotopic (exact) mass is 322 g/mol. The van der Waals surface area contributed by atoms with E-state index < -0.39 is 5.54 Å². The van der Waals surface area contributed by atoms with E-state index in [1.54, 1.807) is 0 Å². The van der Waals surface area contributed by atoms with Crippen molar-refractivity contribution in [2.24, 2.45) is 5.92 Å². The molecule has 2 N–H and O–H groups in total. The first-order chi connectivity index (χ1) is 11.7. The smallest absolute Gasteiger partial charge is 0.220 e. The van der Waals surface area contributed by atoms with Crippen molar-refractivity contribution < 1.29 is 4.79 Å². The van der Waals surface area contributed by atoms with Gasteiger partial charge in [-0.3, -0.25) is 4.79 Å². The summed E-state index contributed by atoms with van der Waals surface area (Å²) in [5.74, 6) is 0.757. The van der Waals surface area contributed by atoms with Gasteiger partial charge in [-0.15, -0.1) is 0 Å². The molecule has 0 spiro atoms. The van der Waals surface area contributed by atoms with Gasteiger partial charge < -0.3 is 10.6 Å². The van der Waals surface area contributed by atoms with Crippen LogP contribution in [0, 0.1) is 5.92 Å². The van der Waals surface area contributed by atoms with Crippen molar-refractivity contribution in [2.75, 3.05) is 13.1 Å². The third-order valence-corrected chi connectivity index (χ3v) is 5.03. The summed E-state index contributed by atoms with van der Waals surface area (Å²) in [4.78, 5) is 12.6. The van der Waals surface area contributed by atoms with Gasteiger partial charge in [-0.25, -0.2) is 0 Å². The molecule has 24 heavy (non-hydrogen) atoms. The zero-order valence-corrected chi connectivity index (χ0v) is 14.3. The normalized spacial score (nSPS) is 17.6. The topological polar surface area (TPSA) is 41.1 Å². The van der Waals surface area contributed by atoms with E-state index >= 15 is 0 Å². The van der Waals surface area contributed by atoms with Crippen molar-refractivity contribution in [3.8, 4) is 0 Å². The SMILES string of the molecule is CC(NC(=O)CCC1CCNC1)(c1ccccc1)c1ccccc1. The largest absolute Gasteiger partial charge is 0.343 e. The minimum atomic E-state index is -0.506. The molecule has 2 aromatic carbocycles. The first-order valence-electron chi connectivity index (χ1n) is 8.81. The van der Waals surface area contributed by atoms with Crippen LogP contribution in [-0.2, 0) is 10.3 Å². The van der Waals surface area contributed by atoms with Crippen LogP contribution in [-0.4, -0.2) is 19.0 Å². The van der Waals surface area contributed by atoms with Crippen LogP contribution in [0.5, 0.6) is 0 Å². The summed E-state index contributed by atoms with van der Waals surface area (Å²) in [6, 6.07) is 20.4. The summed E-state index contributed by atoms with van der Waals surface area (Å²) in [7, 11) is 0. The summed E-state index contributed by atoms with van der Waals surface area (Å²) in [5, 5.41) is 6.65. The number of benzene rings is 2. The van der Waals surface area contributed by atoms with E-state index in [1.165, 1.54) is 6.42 Å². The van der Waals surface area contributed by atoms with Gasteiger partial charge in [0, 0.05) is 6.42 Å². The van der Waals surface area contributed by atoms with Gasteiger partial charge in [-0.2, -0.15) is 0 Å². The molecule has 1 fully saturated rings. The Hall–Kier alpha value is -2.13. The fourth-order valence-corrected chi connectivity index (χ4v) is 3.49. The molecule has 1 heterocycles. The highest BCUT2D eigenvalue weighted by Gasteiger charge is 2.30. The van der Waals surface area contributed by atoms with E-state index in [0.29, 0.717) is 12.3 Å². The number of carbonyl (C=O) groups excluding carboxylic acids is 1. The summed E-state index contributed by atoms with van der Waals surface area (Å²) >= 11 is 0. The third-order valence-electron chi connectivity index (χ3n) is 5.03. The second-order valence-corrected chi connectivity index (χ2v) is 6.80. The number of nitrogens with one attached hydrogen (secondary N) is 2. The van der Waals surface area contributed by atoms with E-state index in [-0.39, 0.29) is 5.91 Å². The maximum Gasteiger partial charge on any atom is 0.220 e. The average molecular weight is 322 g/mol. The Morgan fingerprint density at radius 1 is 1.08 bits per heavy atom. The molecule has 0 saturated carbocycles. The third kappa shape index (κ3) is 3.85. The van der Waals surface area contributed by atoms with E-state index in [1.807, 2.05) is 36.4 Å². The second kappa shape index (κ2) is 7.63. The zero-order chi connectivity index (χ0) is 16.8. The van der Waals surface area contributed by atoms with Gasteiger partial charge in [0.1, 0.15) is 0 Å². The Bertz CT molecular complexity index is 609. The lowest BCUT2D eigenvalue weighted by atomic mass is 9.84. The predicted molar refractivity (Wildman–Crippen MR) is 97.7 cm³/mol. The molecule has 1 unspecified atom stereocenters. The van der Waals surface area contributed by atoms with Crippen molar-refractivity contribution in [2.45, 2.75) is 31.7 Å². The maximum atomic E-state index is 12.6. The number of hydrogen-bond acceptors (Lipinski definition) is 2. The Morgan fingerprint density at radius 3 is 2.17 bits per heavy atom. The lowest BCUT2D eigenvalue weighted by molar-refractivity contribution is -0.122. The molecule has 3 rings (SSSR count). The quantitative estimate of drug-likeness (QED) is 0.855. The minimum Gasteiger partial charge on any atom is -0.343 e. The highest BCUT2D eigenvalue weighted by molar-refractivity contribution is 5.77. The molecule has 2 aromatic rings. The number of rotatable bonds is 6. The molecule has 126 valence electrons. The van der Waals surface area contributed by atoms with Gasteiger partial charge in [-0.1, -0.05) is 60.7 Å². The van der Waals surface area contributed by atoms with E-state index in [2.05, 4.69) is 41.8 Å². The summed E-state index contributed by atoms with van der Waals surface area (Å²) in [6.45, 7) is 4.21. The van der Waals surface area contributed by atoms with Crippen LogP contribution in [0.2, 0.25) is 0 Å². The van der Waals surface area contributed by atoms with E-state index in [9.17, 15) is 4.79 Å². The average Bonchev–Trinajstić information content (AvgIpc) is 3.15. The molecule has 1 aliphatic rings. The zero-order valence-electron chi connectivity index (χ0n) is 14.3. The van der Waals surface area contributed by atoms with Gasteiger partial charge in [-0.05, 0) is 49.9 Å². The molecular formula is C21H26N2O. The van der Waals surface area contributed by atoms with Crippen LogP contribution in [0.15, 0.2) is 60.7 Å². The highest BCUT2D eigenvalue weighted by Crippen LogP contribution is 2.29. The first kappa shape index (κ1) is 16.7. The Labute approximate surface area is 144 Å². The minimum absolute atomic E-state index is 0.122. The lowest BCUT2D eigenvalue weighted by Gasteiger charge is -2.32. The molecule has 3 heteroatoms. The molecule has 0 radical (unpaired) electrons. The van der Waals surface area contributed by atoms with Crippen molar-refractivity contribution >= 4 is 5.91 Å². The van der Waals surface area contributed by atoms with E-state index in [0.717, 1.165) is 30.6 Å². The van der Waals surface area contributed by atoms with Crippen LogP contribution in [0.3, 0.4) is 0 Å². The molecule has 3 nitrogen and oxygen atoms in total. The second-order valence-electron chi connectivity index (χ2n) is 6.80. The van der Waals surface area contributed by atoms with Crippen molar-refractivity contribution in [3.05, 3.63) is 71.8 Å². The standard InChI is InChI=1S/C21H26N2O/c1-21(18-8-4-2-5-9-18,19-10-6-3-7-11-19)23-20(24)13-12-17-14-15-22-16-17/h2-11,17,22H,12-16H2,1H3,(H,23,24). The van der Waals surface area contributed by atoms with Gasteiger partial charge >= 0.3 is 0 Å². The number of carbonyl (C=O) groups is 1. The molecule has 1 aliphatic heterocycles. The molecule has 1 saturated heterocycles. The number of hydrogen-bond donors (Lipinski definition) is 2. The number of amides is 1. The molecule has 1 amide bonds. The highest BCUT2D eigenvalue weighted by atomic mass is 16.1. The van der Waals surface area contributed by atoms with Crippen LogP contribution in [0.25, 0.3) is 0 Å². The fourth-order valence-electron chi connectivity index (χ4n) is 3.49. The van der Waals surface area contributed by atoms with Crippen LogP contribution in [0.4, 0.5) is 0 Å². The predicted octanol–water partition coefficient (Wildman–Crippen LogP) is 3.46. The summed E-state index contributed by atoms with van der Waals surface area (Å²) < 4.78 is 0. The van der Waals surface area contributed by atoms with Gasteiger partial charge in [0.15, 0.2) is 0 Å². The summed E-state index contributed by atoms with van der Waals surface area (Å²) in [5.41, 5.74) is 1.70. The van der Waals surface area contributed by atoms with Crippen molar-refractivity contribution in [3.63, 3.8) is 0 Å². The molecular weight excluding hydrogens is 296 g/mol. The molecule has 0 bridgehead atoms. The Morgan fingerprint density at radius 2 is 1.67 bits per heavy atom. The molecule has 0 aromatic heterocycles.